The molecule has 5 saturated heterocycles. The second-order valence-electron chi connectivity index (χ2n) is 24.2. The Bertz CT molecular complexity index is 3310. The highest BCUT2D eigenvalue weighted by molar-refractivity contribution is 8.77. The molecule has 5 fully saturated rings. The normalized spacial score (nSPS) is 28.0. The van der Waals surface area contributed by atoms with Crippen molar-refractivity contribution >= 4 is 131 Å². The van der Waals surface area contributed by atoms with Crippen LogP contribution in [0.2, 0.25) is 0 Å². The highest BCUT2D eigenvalue weighted by Crippen LogP contribution is 2.30. The SMILES string of the molecule is CCCC[C@@H]1NC(=O)[C@H](CO)NC(=O)[C@@H]2CSSC[C@@H](C(=O)O)NC(=O)[C@@H]3CCCN3C(=O)[C@H](CCC)NC(=O)[C@H](Cc3c[nH]c4ccccc34)NC(=O)[C@H](Cc3ccccc3)NC(=O)[C@H](CSSC[C@H](NC(=O)CN)C(=O)N2)NC(=O)[C@@H]2CCCN2C(=O)[C@@H]2CCCN2C1=O. The number of amides is 12. The third kappa shape index (κ3) is 19.6. The maximum Gasteiger partial charge on any atom is 0.327 e. The fourth-order valence-corrected chi connectivity index (χ4v) is 16.9. The molecule has 14 N–H and O–H groups in total. The number of aliphatic hydroxyl groups is 1. The Kier molecular flexibility index (Phi) is 27.9. The molecule has 3 aromatic rings. The van der Waals surface area contributed by atoms with Crippen LogP contribution in [0.1, 0.15) is 95.6 Å². The number of rotatable bonds is 13. The summed E-state index contributed by atoms with van der Waals surface area (Å²) >= 11 is 0. The van der Waals surface area contributed by atoms with Crippen LogP contribution in [0.5, 0.6) is 0 Å². The van der Waals surface area contributed by atoms with Gasteiger partial charge in [0.2, 0.25) is 70.9 Å². The van der Waals surface area contributed by atoms with Crippen LogP contribution in [0.3, 0.4) is 0 Å². The number of aromatic nitrogens is 1. The number of carbonyl (C=O) groups excluding carboxylic acids is 12. The molecule has 0 saturated carbocycles. The van der Waals surface area contributed by atoms with Gasteiger partial charge < -0.3 is 83.5 Å². The summed E-state index contributed by atoms with van der Waals surface area (Å²) in [5, 5.41) is 46.1. The molecule has 6 heterocycles. The highest BCUT2D eigenvalue weighted by Gasteiger charge is 2.46. The largest absolute Gasteiger partial charge is 0.480 e. The van der Waals surface area contributed by atoms with E-state index in [0.29, 0.717) is 49.7 Å². The van der Waals surface area contributed by atoms with Crippen molar-refractivity contribution in [3.63, 3.8) is 0 Å². The van der Waals surface area contributed by atoms with E-state index >= 15 is 14.4 Å². The van der Waals surface area contributed by atoms with E-state index in [1.54, 1.807) is 49.5 Å². The van der Waals surface area contributed by atoms with Crippen LogP contribution in [-0.4, -0.2) is 235 Å². The van der Waals surface area contributed by atoms with Crippen LogP contribution in [0.15, 0.2) is 60.8 Å². The number of fused-ring (bicyclic) bond motifs is 12. The summed E-state index contributed by atoms with van der Waals surface area (Å²) in [4.78, 5) is 195. The first-order valence-electron chi connectivity index (χ1n) is 32.5. The van der Waals surface area contributed by atoms with Gasteiger partial charge in [-0.1, -0.05) is 125 Å². The summed E-state index contributed by atoms with van der Waals surface area (Å²) in [5.74, 6) is -12.3. The van der Waals surface area contributed by atoms with E-state index in [9.17, 15) is 58.2 Å². The maximum absolute atomic E-state index is 15.3. The van der Waals surface area contributed by atoms with Gasteiger partial charge in [-0.05, 0) is 68.6 Å². The lowest BCUT2D eigenvalue weighted by molar-refractivity contribution is -0.148. The monoisotopic (exact) mass is 1410 g/mol. The summed E-state index contributed by atoms with van der Waals surface area (Å²) in [6.07, 6.45) is 4.58. The molecule has 5 aliphatic heterocycles. The second-order valence-corrected chi connectivity index (χ2v) is 29.3. The van der Waals surface area contributed by atoms with Gasteiger partial charge in [0, 0.05) is 72.6 Å². The van der Waals surface area contributed by atoms with Crippen molar-refractivity contribution in [2.75, 3.05) is 55.8 Å². The van der Waals surface area contributed by atoms with E-state index in [4.69, 9.17) is 5.73 Å². The molecule has 0 radical (unpaired) electrons. The van der Waals surface area contributed by atoms with Crippen LogP contribution in [-0.2, 0) is 75.2 Å². The summed E-state index contributed by atoms with van der Waals surface area (Å²) in [6, 6.07) is -0.722. The zero-order valence-corrected chi connectivity index (χ0v) is 56.8. The number of hydrogen-bond donors (Lipinski definition) is 13. The van der Waals surface area contributed by atoms with Gasteiger partial charge in [0.05, 0.1) is 13.2 Å². The maximum atomic E-state index is 15.3. The Labute approximate surface area is 571 Å². The lowest BCUT2D eigenvalue weighted by Crippen LogP contribution is -2.61. The molecule has 8 rings (SSSR count). The molecule has 12 amide bonds. The number of aromatic amines is 1. The molecule has 522 valence electrons. The van der Waals surface area contributed by atoms with E-state index in [2.05, 4.69) is 52.8 Å². The molecule has 33 heteroatoms. The van der Waals surface area contributed by atoms with Crippen molar-refractivity contribution in [3.8, 4) is 0 Å². The van der Waals surface area contributed by atoms with Gasteiger partial charge in [0.1, 0.15) is 72.5 Å². The van der Waals surface area contributed by atoms with Crippen molar-refractivity contribution in [1.82, 2.24) is 67.5 Å². The fraction of sp³-hybridized carbons (Fsp3) is 0.571. The molecule has 5 aliphatic rings. The molecule has 96 heavy (non-hydrogen) atoms. The van der Waals surface area contributed by atoms with Crippen molar-refractivity contribution in [2.45, 2.75) is 170 Å². The van der Waals surface area contributed by atoms with Crippen LogP contribution >= 0.6 is 43.2 Å². The van der Waals surface area contributed by atoms with Crippen LogP contribution in [0.4, 0.5) is 0 Å². The van der Waals surface area contributed by atoms with E-state index in [0.717, 1.165) is 54.1 Å². The van der Waals surface area contributed by atoms with Crippen LogP contribution in [0.25, 0.3) is 10.9 Å². The van der Waals surface area contributed by atoms with Crippen molar-refractivity contribution < 1.29 is 72.5 Å². The Morgan fingerprint density at radius 3 is 1.64 bits per heavy atom. The van der Waals surface area contributed by atoms with Gasteiger partial charge in [0.25, 0.3) is 0 Å². The molecular formula is C63H86N14O15S4. The lowest BCUT2D eigenvalue weighted by atomic mass is 10.0. The predicted octanol–water partition coefficient (Wildman–Crippen LogP) is -0.895. The van der Waals surface area contributed by atoms with Gasteiger partial charge in [-0.15, -0.1) is 0 Å². The molecule has 29 nitrogen and oxygen atoms in total. The number of carbonyl (C=O) groups is 13. The number of unbranched alkanes of at least 4 members (excludes halogenated alkanes) is 1. The van der Waals surface area contributed by atoms with Gasteiger partial charge in [-0.3, -0.25) is 57.5 Å². The number of benzene rings is 2. The number of H-pyrrole nitrogens is 1. The first-order valence-corrected chi connectivity index (χ1v) is 37.5. The summed E-state index contributed by atoms with van der Waals surface area (Å²) in [5.41, 5.74) is 7.63. The second kappa shape index (κ2) is 36.1. The molecule has 0 aliphatic carbocycles. The molecule has 2 bridgehead atoms. The highest BCUT2D eigenvalue weighted by atomic mass is 33.1. The standard InChI is InChI=1S/C63H86N14O15S4/c1-3-5-18-40-61(89)77-25-13-22-50(77)62(90)76-24-12-21-49(76)58(86)73-46-33-94-93-31-44(66-51(79)28-64)55(83)72-45(57(85)71-43(30-78)54(82)68-40)32-95-96-34-47(63(91)92)74-59(87)48-20-11-23-75(48)60(88)39(14-4-2)67-53(81)42(27-36-29-65-38-19-10-9-17-37(36)38)70-52(80)41(69-56(46)84)26-35-15-7-6-8-16-35/h6-10,15-17,19,29,39-50,65,78H,3-5,11-14,18,20-28,30-34,64H2,1-2H3,(H,66,79)(H,67,81)(H,68,82)(H,69,84)(H,70,80)(H,71,85)(H,72,83)(H,73,86)(H,74,87)(H,91,92)/t39-,40-,41-,42-,43-,44-,45-,46-,47-,48-,49-,50-/m0/s1. The number of nitrogens with two attached hydrogens (primary N) is 1. The van der Waals surface area contributed by atoms with Crippen molar-refractivity contribution in [1.29, 1.82) is 0 Å². The number of para-hydroxylation sites is 1. The van der Waals surface area contributed by atoms with Gasteiger partial charge in [0.15, 0.2) is 0 Å². The molecule has 1 aromatic heterocycles. The van der Waals surface area contributed by atoms with Gasteiger partial charge >= 0.3 is 5.97 Å². The van der Waals surface area contributed by atoms with Crippen LogP contribution < -0.4 is 53.6 Å². The zero-order valence-electron chi connectivity index (χ0n) is 53.5. The fourth-order valence-electron chi connectivity index (χ4n) is 12.3. The minimum atomic E-state index is -1.72. The quantitative estimate of drug-likeness (QED) is 0.0923. The van der Waals surface area contributed by atoms with Crippen LogP contribution in [0, 0.1) is 0 Å². The zero-order chi connectivity index (χ0) is 69.0. The molecular weight excluding hydrogens is 1320 g/mol. The molecule has 2 aromatic carbocycles. The Morgan fingerprint density at radius 2 is 1.03 bits per heavy atom. The van der Waals surface area contributed by atoms with Crippen molar-refractivity contribution in [2.24, 2.45) is 5.73 Å². The third-order valence-electron chi connectivity index (χ3n) is 17.4. The molecule has 0 spiro atoms. The minimum absolute atomic E-state index is 0.0722. The Hall–Kier alpha value is -7.59. The van der Waals surface area contributed by atoms with E-state index in [-0.39, 0.29) is 87.6 Å². The molecule has 0 unspecified atom stereocenters. The number of aliphatic hydroxyl groups excluding tert-OH is 1. The number of carboxylic acid groups (broad SMARTS) is 1. The van der Waals surface area contributed by atoms with E-state index in [1.807, 2.05) is 25.1 Å². The van der Waals surface area contributed by atoms with Crippen molar-refractivity contribution in [3.05, 3.63) is 71.9 Å². The van der Waals surface area contributed by atoms with E-state index < -0.39 is 163 Å². The van der Waals surface area contributed by atoms with E-state index in [1.165, 1.54) is 14.7 Å². The third-order valence-corrected chi connectivity index (χ3v) is 22.3. The number of hydrogen-bond acceptors (Lipinski definition) is 19. The Balaban J connectivity index is 1.21. The summed E-state index contributed by atoms with van der Waals surface area (Å²) < 4.78 is 0. The topological polar surface area (TPSA) is 422 Å². The Morgan fingerprint density at radius 1 is 0.531 bits per heavy atom. The summed E-state index contributed by atoms with van der Waals surface area (Å²) in [7, 11) is 3.71. The lowest BCUT2D eigenvalue weighted by Gasteiger charge is -2.33. The first-order chi connectivity index (χ1) is 46.2. The first kappa shape index (κ1) is 74.2. The smallest absolute Gasteiger partial charge is 0.327 e. The number of nitrogens with one attached hydrogen (secondary N) is 10. The average molecular weight is 1410 g/mol. The molecule has 12 atom stereocenters. The van der Waals surface area contributed by atoms with Gasteiger partial charge in [-0.2, -0.15) is 0 Å². The minimum Gasteiger partial charge on any atom is -0.480 e. The van der Waals surface area contributed by atoms with Gasteiger partial charge in [-0.25, -0.2) is 4.79 Å². The average Bonchev–Trinajstić information content (AvgIpc) is 1.65. The summed E-state index contributed by atoms with van der Waals surface area (Å²) in [6.45, 7) is 2.38. The number of carboxylic acids is 1. The predicted molar refractivity (Wildman–Crippen MR) is 362 cm³/mol. The number of nitrogens with zero attached hydrogens (tertiary/aromatic N) is 3. The number of aliphatic carboxylic acids is 1.